The summed E-state index contributed by atoms with van der Waals surface area (Å²) in [4.78, 5) is 1.37. The molecule has 1 aromatic carbocycles. The van der Waals surface area contributed by atoms with Gasteiger partial charge in [-0.05, 0) is 25.1 Å². The molecule has 16 heavy (non-hydrogen) atoms. The van der Waals surface area contributed by atoms with Crippen LogP contribution in [-0.2, 0) is 0 Å². The van der Waals surface area contributed by atoms with Gasteiger partial charge in [-0.15, -0.1) is 11.8 Å². The summed E-state index contributed by atoms with van der Waals surface area (Å²) < 4.78 is 0. The lowest BCUT2D eigenvalue weighted by molar-refractivity contribution is 0.613. The van der Waals surface area contributed by atoms with Gasteiger partial charge in [0, 0.05) is 17.2 Å². The van der Waals surface area contributed by atoms with Crippen LogP contribution in [0.3, 0.4) is 0 Å². The largest absolute Gasteiger partial charge is 0.316 e. The molecule has 90 valence electrons. The lowest BCUT2D eigenvalue weighted by Crippen LogP contribution is -2.18. The summed E-state index contributed by atoms with van der Waals surface area (Å²) >= 11 is 1.93. The predicted octanol–water partition coefficient (Wildman–Crippen LogP) is 3.95. The van der Waals surface area contributed by atoms with Gasteiger partial charge in [0.1, 0.15) is 0 Å². The van der Waals surface area contributed by atoms with Crippen molar-refractivity contribution >= 4 is 11.8 Å². The zero-order valence-corrected chi connectivity index (χ0v) is 11.1. The second-order valence-corrected chi connectivity index (χ2v) is 5.14. The van der Waals surface area contributed by atoms with Crippen molar-refractivity contribution in [3.8, 4) is 0 Å². The average molecular weight is 237 g/mol. The number of nitrogens with one attached hydrogen (secondary N) is 1. The van der Waals surface area contributed by atoms with Crippen molar-refractivity contribution < 1.29 is 0 Å². The normalized spacial score (nSPS) is 10.6. The first kappa shape index (κ1) is 13.6. The molecule has 2 heteroatoms. The van der Waals surface area contributed by atoms with Crippen LogP contribution in [-0.4, -0.2) is 18.8 Å². The van der Waals surface area contributed by atoms with Crippen LogP contribution in [0.1, 0.15) is 32.6 Å². The van der Waals surface area contributed by atoms with Crippen molar-refractivity contribution in [2.45, 2.75) is 37.5 Å². The number of unbranched alkanes of at least 4 members (excludes halogenated alkanes) is 3. The van der Waals surface area contributed by atoms with Gasteiger partial charge >= 0.3 is 0 Å². The highest BCUT2D eigenvalue weighted by molar-refractivity contribution is 7.99. The third kappa shape index (κ3) is 6.91. The third-order valence-corrected chi connectivity index (χ3v) is 3.51. The molecular weight excluding hydrogens is 214 g/mol. The van der Waals surface area contributed by atoms with Crippen LogP contribution >= 0.6 is 11.8 Å². The van der Waals surface area contributed by atoms with Gasteiger partial charge in [0.05, 0.1) is 0 Å². The Morgan fingerprint density at radius 3 is 2.56 bits per heavy atom. The number of benzene rings is 1. The van der Waals surface area contributed by atoms with Gasteiger partial charge in [0.15, 0.2) is 0 Å². The van der Waals surface area contributed by atoms with Crippen molar-refractivity contribution in [2.75, 3.05) is 18.8 Å². The molecule has 0 aromatic heterocycles. The van der Waals surface area contributed by atoms with Crippen LogP contribution in [0.25, 0.3) is 0 Å². The molecule has 1 rings (SSSR count). The summed E-state index contributed by atoms with van der Waals surface area (Å²) in [7, 11) is 0. The van der Waals surface area contributed by atoms with E-state index in [1.54, 1.807) is 0 Å². The van der Waals surface area contributed by atoms with E-state index in [1.807, 2.05) is 11.8 Å². The first-order chi connectivity index (χ1) is 7.93. The van der Waals surface area contributed by atoms with E-state index in [9.17, 15) is 0 Å². The van der Waals surface area contributed by atoms with Crippen molar-refractivity contribution in [3.63, 3.8) is 0 Å². The van der Waals surface area contributed by atoms with E-state index in [0.29, 0.717) is 0 Å². The second kappa shape index (κ2) is 9.73. The molecule has 1 N–H and O–H groups in total. The van der Waals surface area contributed by atoms with Crippen LogP contribution in [0.15, 0.2) is 35.2 Å². The maximum atomic E-state index is 3.49. The Hall–Kier alpha value is -0.470. The number of rotatable bonds is 9. The fraction of sp³-hybridized carbons (Fsp3) is 0.571. The summed E-state index contributed by atoms with van der Waals surface area (Å²) in [6.45, 7) is 4.55. The number of thioether (sulfide) groups is 1. The Morgan fingerprint density at radius 1 is 1.00 bits per heavy atom. The van der Waals surface area contributed by atoms with E-state index in [2.05, 4.69) is 42.6 Å². The fourth-order valence-corrected chi connectivity index (χ4v) is 2.39. The van der Waals surface area contributed by atoms with E-state index in [4.69, 9.17) is 0 Å². The molecule has 0 radical (unpaired) electrons. The zero-order valence-electron chi connectivity index (χ0n) is 10.2. The Morgan fingerprint density at radius 2 is 1.81 bits per heavy atom. The molecule has 0 fully saturated rings. The Kier molecular flexibility index (Phi) is 8.27. The van der Waals surface area contributed by atoms with Gasteiger partial charge in [-0.2, -0.15) is 0 Å². The lowest BCUT2D eigenvalue weighted by Gasteiger charge is -2.04. The molecule has 0 atom stereocenters. The molecule has 0 bridgehead atoms. The molecule has 0 heterocycles. The molecule has 1 aromatic rings. The molecule has 0 aliphatic heterocycles. The smallest absolute Gasteiger partial charge is 0.0106 e. The van der Waals surface area contributed by atoms with Crippen LogP contribution in [0.2, 0.25) is 0 Å². The fourth-order valence-electron chi connectivity index (χ4n) is 1.56. The molecule has 0 unspecified atom stereocenters. The summed E-state index contributed by atoms with van der Waals surface area (Å²) in [6.07, 6.45) is 5.39. The van der Waals surface area contributed by atoms with E-state index in [0.717, 1.165) is 12.3 Å². The third-order valence-electron chi connectivity index (χ3n) is 2.50. The topological polar surface area (TPSA) is 12.0 Å². The molecular formula is C14H23NS. The Balaban J connectivity index is 1.89. The van der Waals surface area contributed by atoms with Gasteiger partial charge in [-0.1, -0.05) is 44.4 Å². The quantitative estimate of drug-likeness (QED) is 0.515. The molecule has 1 nitrogen and oxygen atoms in total. The van der Waals surface area contributed by atoms with E-state index >= 15 is 0 Å². The highest BCUT2D eigenvalue weighted by Gasteiger charge is 1.92. The van der Waals surface area contributed by atoms with Crippen LogP contribution in [0.5, 0.6) is 0 Å². The minimum atomic E-state index is 1.12. The molecule has 0 amide bonds. The summed E-state index contributed by atoms with van der Waals surface area (Å²) in [5.74, 6) is 1.16. The predicted molar refractivity (Wildman–Crippen MR) is 74.2 cm³/mol. The Bertz CT molecular complexity index is 248. The van der Waals surface area contributed by atoms with E-state index in [1.165, 1.54) is 37.1 Å². The summed E-state index contributed by atoms with van der Waals surface area (Å²) in [5.41, 5.74) is 0. The van der Waals surface area contributed by atoms with Crippen molar-refractivity contribution in [1.29, 1.82) is 0 Å². The average Bonchev–Trinajstić information content (AvgIpc) is 2.34. The van der Waals surface area contributed by atoms with E-state index < -0.39 is 0 Å². The van der Waals surface area contributed by atoms with Crippen LogP contribution < -0.4 is 5.32 Å². The van der Waals surface area contributed by atoms with Gasteiger partial charge in [-0.25, -0.2) is 0 Å². The molecule has 0 spiro atoms. The first-order valence-electron chi connectivity index (χ1n) is 6.32. The molecule has 0 aliphatic carbocycles. The second-order valence-electron chi connectivity index (χ2n) is 3.97. The highest BCUT2D eigenvalue weighted by Crippen LogP contribution is 2.15. The maximum Gasteiger partial charge on any atom is 0.0106 e. The molecule has 0 saturated carbocycles. The highest BCUT2D eigenvalue weighted by atomic mass is 32.2. The lowest BCUT2D eigenvalue weighted by atomic mass is 10.2. The van der Waals surface area contributed by atoms with Crippen LogP contribution in [0, 0.1) is 0 Å². The number of hydrogen-bond acceptors (Lipinski definition) is 2. The summed E-state index contributed by atoms with van der Waals surface area (Å²) in [5, 5.41) is 3.49. The standard InChI is InChI=1S/C14H23NS/c1-2-3-4-8-11-15-12-13-16-14-9-6-5-7-10-14/h5-7,9-10,15H,2-4,8,11-13H2,1H3. The molecule has 0 aliphatic rings. The van der Waals surface area contributed by atoms with Gasteiger partial charge in [0.25, 0.3) is 0 Å². The zero-order chi connectivity index (χ0) is 11.5. The van der Waals surface area contributed by atoms with E-state index in [-0.39, 0.29) is 0 Å². The first-order valence-corrected chi connectivity index (χ1v) is 7.30. The van der Waals surface area contributed by atoms with Gasteiger partial charge in [-0.3, -0.25) is 0 Å². The minimum absolute atomic E-state index is 1.12. The minimum Gasteiger partial charge on any atom is -0.316 e. The van der Waals surface area contributed by atoms with Gasteiger partial charge in [0.2, 0.25) is 0 Å². The monoisotopic (exact) mass is 237 g/mol. The SMILES string of the molecule is CCCCCCNCCSc1ccccc1. The van der Waals surface area contributed by atoms with Gasteiger partial charge < -0.3 is 5.32 Å². The Labute approximate surface area is 104 Å². The summed E-state index contributed by atoms with van der Waals surface area (Å²) in [6, 6.07) is 10.6. The van der Waals surface area contributed by atoms with Crippen molar-refractivity contribution in [2.24, 2.45) is 0 Å². The van der Waals surface area contributed by atoms with Crippen LogP contribution in [0.4, 0.5) is 0 Å². The maximum absolute atomic E-state index is 3.49. The van der Waals surface area contributed by atoms with Crippen molar-refractivity contribution in [1.82, 2.24) is 5.32 Å². The molecule has 0 saturated heterocycles. The number of hydrogen-bond donors (Lipinski definition) is 1. The van der Waals surface area contributed by atoms with Crippen molar-refractivity contribution in [3.05, 3.63) is 30.3 Å².